The van der Waals surface area contributed by atoms with Crippen LogP contribution in [0.4, 0.5) is 0 Å². The molecule has 1 saturated carbocycles. The molecule has 2 aromatic rings. The van der Waals surface area contributed by atoms with Crippen molar-refractivity contribution < 1.29 is 0 Å². The van der Waals surface area contributed by atoms with E-state index in [0.717, 1.165) is 31.1 Å². The van der Waals surface area contributed by atoms with Gasteiger partial charge in [0.05, 0.1) is 11.0 Å². The van der Waals surface area contributed by atoms with Crippen LogP contribution in [-0.2, 0) is 13.0 Å². The minimum absolute atomic E-state index is 0.834. The van der Waals surface area contributed by atoms with Gasteiger partial charge in [-0.1, -0.05) is 12.1 Å². The van der Waals surface area contributed by atoms with Crippen molar-refractivity contribution in [2.45, 2.75) is 51.6 Å². The highest BCUT2D eigenvalue weighted by Gasteiger charge is 2.19. The molecule has 3 rings (SSSR count). The lowest BCUT2D eigenvalue weighted by atomic mass is 10.2. The zero-order chi connectivity index (χ0) is 13.1. The Labute approximate surface area is 115 Å². The number of aromatic nitrogens is 2. The van der Waals surface area contributed by atoms with Crippen LogP contribution in [0.25, 0.3) is 11.0 Å². The van der Waals surface area contributed by atoms with E-state index in [-0.39, 0.29) is 0 Å². The summed E-state index contributed by atoms with van der Waals surface area (Å²) in [5.41, 5.74) is 2.41. The van der Waals surface area contributed by atoms with Crippen molar-refractivity contribution in [1.82, 2.24) is 14.9 Å². The Kier molecular flexibility index (Phi) is 3.83. The molecule has 1 aliphatic rings. The molecule has 0 atom stereocenters. The molecule has 0 saturated heterocycles. The third-order valence-corrected chi connectivity index (χ3v) is 3.89. The average molecular weight is 257 g/mol. The van der Waals surface area contributed by atoms with Crippen LogP contribution in [0.1, 0.15) is 38.4 Å². The highest BCUT2D eigenvalue weighted by Crippen LogP contribution is 2.19. The number of rotatable bonds is 7. The molecule has 0 unspecified atom stereocenters. The van der Waals surface area contributed by atoms with Crippen molar-refractivity contribution in [1.29, 1.82) is 0 Å². The maximum absolute atomic E-state index is 4.77. The van der Waals surface area contributed by atoms with Crippen molar-refractivity contribution in [2.75, 3.05) is 6.54 Å². The van der Waals surface area contributed by atoms with Crippen LogP contribution >= 0.6 is 0 Å². The summed E-state index contributed by atoms with van der Waals surface area (Å²) in [7, 11) is 0. The van der Waals surface area contributed by atoms with Gasteiger partial charge in [0, 0.05) is 19.0 Å². The number of hydrogen-bond acceptors (Lipinski definition) is 2. The monoisotopic (exact) mass is 257 g/mol. The number of hydrogen-bond donors (Lipinski definition) is 1. The smallest absolute Gasteiger partial charge is 0.109 e. The standard InChI is InChI=1S/C16H23N3/c1-2-19-15-8-4-3-7-14(15)18-16(19)9-5-6-12-17-13-10-11-13/h3-4,7-8,13,17H,2,5-6,9-12H2,1H3. The molecular formula is C16H23N3. The molecular weight excluding hydrogens is 234 g/mol. The number of para-hydroxylation sites is 2. The first-order chi connectivity index (χ1) is 9.38. The predicted molar refractivity (Wildman–Crippen MR) is 79.4 cm³/mol. The van der Waals surface area contributed by atoms with E-state index in [2.05, 4.69) is 41.1 Å². The lowest BCUT2D eigenvalue weighted by Crippen LogP contribution is -2.17. The van der Waals surface area contributed by atoms with Gasteiger partial charge in [0.1, 0.15) is 5.82 Å². The van der Waals surface area contributed by atoms with Crippen LogP contribution in [0.3, 0.4) is 0 Å². The fourth-order valence-corrected chi connectivity index (χ4v) is 2.67. The molecule has 0 spiro atoms. The highest BCUT2D eigenvalue weighted by molar-refractivity contribution is 5.75. The fourth-order valence-electron chi connectivity index (χ4n) is 2.67. The summed E-state index contributed by atoms with van der Waals surface area (Å²) in [4.78, 5) is 4.77. The van der Waals surface area contributed by atoms with E-state index >= 15 is 0 Å². The average Bonchev–Trinajstić information content (AvgIpc) is 3.18. The molecule has 3 heteroatoms. The lowest BCUT2D eigenvalue weighted by molar-refractivity contribution is 0.600. The topological polar surface area (TPSA) is 29.9 Å². The molecule has 19 heavy (non-hydrogen) atoms. The van der Waals surface area contributed by atoms with Crippen LogP contribution in [0.5, 0.6) is 0 Å². The predicted octanol–water partition coefficient (Wildman–Crippen LogP) is 3.13. The first kappa shape index (κ1) is 12.7. The van der Waals surface area contributed by atoms with Gasteiger partial charge in [-0.2, -0.15) is 0 Å². The minimum atomic E-state index is 0.834. The SMILES string of the molecule is CCn1c(CCCCNC2CC2)nc2ccccc21. The minimum Gasteiger partial charge on any atom is -0.328 e. The number of unbranched alkanes of at least 4 members (excludes halogenated alkanes) is 1. The van der Waals surface area contributed by atoms with Gasteiger partial charge in [0.15, 0.2) is 0 Å². The van der Waals surface area contributed by atoms with Crippen LogP contribution in [-0.4, -0.2) is 22.1 Å². The van der Waals surface area contributed by atoms with E-state index in [4.69, 9.17) is 4.98 Å². The second-order valence-electron chi connectivity index (χ2n) is 5.45. The number of aryl methyl sites for hydroxylation is 2. The Morgan fingerprint density at radius 2 is 2.11 bits per heavy atom. The zero-order valence-electron chi connectivity index (χ0n) is 11.7. The second kappa shape index (κ2) is 5.74. The number of imidazole rings is 1. The van der Waals surface area contributed by atoms with Crippen molar-refractivity contribution in [3.63, 3.8) is 0 Å². The molecule has 1 fully saturated rings. The van der Waals surface area contributed by atoms with Crippen molar-refractivity contribution in [3.8, 4) is 0 Å². The van der Waals surface area contributed by atoms with Gasteiger partial charge in [-0.25, -0.2) is 4.98 Å². The number of nitrogens with zero attached hydrogens (tertiary/aromatic N) is 2. The lowest BCUT2D eigenvalue weighted by Gasteiger charge is -2.06. The van der Waals surface area contributed by atoms with Gasteiger partial charge in [-0.15, -0.1) is 0 Å². The van der Waals surface area contributed by atoms with Gasteiger partial charge < -0.3 is 9.88 Å². The van der Waals surface area contributed by atoms with Crippen LogP contribution in [0.15, 0.2) is 24.3 Å². The second-order valence-corrected chi connectivity index (χ2v) is 5.45. The molecule has 1 heterocycles. The number of fused-ring (bicyclic) bond motifs is 1. The summed E-state index contributed by atoms with van der Waals surface area (Å²) >= 11 is 0. The molecule has 1 aromatic heterocycles. The largest absolute Gasteiger partial charge is 0.328 e. The molecule has 0 bridgehead atoms. The molecule has 1 aliphatic carbocycles. The van der Waals surface area contributed by atoms with Crippen molar-refractivity contribution in [2.24, 2.45) is 0 Å². The van der Waals surface area contributed by atoms with Gasteiger partial charge >= 0.3 is 0 Å². The molecule has 1 N–H and O–H groups in total. The number of benzene rings is 1. The molecule has 0 aliphatic heterocycles. The van der Waals surface area contributed by atoms with Crippen LogP contribution < -0.4 is 5.32 Å². The Morgan fingerprint density at radius 1 is 1.26 bits per heavy atom. The number of nitrogens with one attached hydrogen (secondary N) is 1. The molecule has 0 amide bonds. The first-order valence-corrected chi connectivity index (χ1v) is 7.56. The summed E-state index contributed by atoms with van der Waals surface area (Å²) in [6.45, 7) is 4.37. The van der Waals surface area contributed by atoms with Crippen LogP contribution in [0, 0.1) is 0 Å². The van der Waals surface area contributed by atoms with E-state index in [1.54, 1.807) is 0 Å². The van der Waals surface area contributed by atoms with Gasteiger partial charge in [0.25, 0.3) is 0 Å². The maximum Gasteiger partial charge on any atom is 0.109 e. The molecule has 1 aromatic carbocycles. The van der Waals surface area contributed by atoms with E-state index in [0.29, 0.717) is 0 Å². The molecule has 102 valence electrons. The van der Waals surface area contributed by atoms with Crippen molar-refractivity contribution >= 4 is 11.0 Å². The molecule has 3 nitrogen and oxygen atoms in total. The van der Waals surface area contributed by atoms with Gasteiger partial charge in [0.2, 0.25) is 0 Å². The Balaban J connectivity index is 1.59. The maximum atomic E-state index is 4.77. The normalized spacial score (nSPS) is 15.2. The Bertz CT molecular complexity index is 540. The fraction of sp³-hybridized carbons (Fsp3) is 0.562. The molecule has 0 radical (unpaired) electrons. The van der Waals surface area contributed by atoms with Gasteiger partial charge in [-0.05, 0) is 51.3 Å². The Hall–Kier alpha value is -1.35. The highest BCUT2D eigenvalue weighted by atomic mass is 15.1. The first-order valence-electron chi connectivity index (χ1n) is 7.56. The zero-order valence-corrected chi connectivity index (χ0v) is 11.7. The summed E-state index contributed by atoms with van der Waals surface area (Å²) in [5, 5.41) is 3.57. The summed E-state index contributed by atoms with van der Waals surface area (Å²) in [5.74, 6) is 1.25. The van der Waals surface area contributed by atoms with Crippen LogP contribution in [0.2, 0.25) is 0 Å². The quantitative estimate of drug-likeness (QED) is 0.772. The third-order valence-electron chi connectivity index (χ3n) is 3.89. The van der Waals surface area contributed by atoms with E-state index < -0.39 is 0 Å². The van der Waals surface area contributed by atoms with E-state index in [1.807, 2.05) is 0 Å². The third kappa shape index (κ3) is 2.98. The summed E-state index contributed by atoms with van der Waals surface area (Å²) in [6.07, 6.45) is 6.33. The Morgan fingerprint density at radius 3 is 2.89 bits per heavy atom. The van der Waals surface area contributed by atoms with Gasteiger partial charge in [-0.3, -0.25) is 0 Å². The van der Waals surface area contributed by atoms with E-state index in [9.17, 15) is 0 Å². The summed E-state index contributed by atoms with van der Waals surface area (Å²) in [6, 6.07) is 9.28. The van der Waals surface area contributed by atoms with Crippen molar-refractivity contribution in [3.05, 3.63) is 30.1 Å². The van der Waals surface area contributed by atoms with E-state index in [1.165, 1.54) is 37.0 Å². The summed E-state index contributed by atoms with van der Waals surface area (Å²) < 4.78 is 2.35.